The zero-order chi connectivity index (χ0) is 11.4. The number of likely N-dealkylation sites (tertiary alicyclic amines) is 1. The first-order chi connectivity index (χ1) is 7.77. The molecule has 0 aliphatic carbocycles. The van der Waals surface area contributed by atoms with Crippen LogP contribution >= 0.6 is 12.2 Å². The molecule has 16 heavy (non-hydrogen) atoms. The van der Waals surface area contributed by atoms with Gasteiger partial charge in [-0.1, -0.05) is 42.5 Å². The molecule has 1 aliphatic rings. The van der Waals surface area contributed by atoms with Crippen LogP contribution in [0.15, 0.2) is 36.4 Å². The van der Waals surface area contributed by atoms with Crippen molar-refractivity contribution in [3.8, 4) is 0 Å². The molecule has 1 aromatic carbocycles. The van der Waals surface area contributed by atoms with E-state index in [1.54, 1.807) is 6.08 Å². The van der Waals surface area contributed by atoms with Gasteiger partial charge in [-0.25, -0.2) is 0 Å². The van der Waals surface area contributed by atoms with Gasteiger partial charge >= 0.3 is 0 Å². The lowest BCUT2D eigenvalue weighted by Gasteiger charge is -2.15. The van der Waals surface area contributed by atoms with Crippen molar-refractivity contribution in [2.75, 3.05) is 13.1 Å². The molecule has 1 heterocycles. The van der Waals surface area contributed by atoms with Crippen molar-refractivity contribution in [3.05, 3.63) is 42.0 Å². The lowest BCUT2D eigenvalue weighted by atomic mass is 10.2. The Morgan fingerprint density at radius 1 is 1.19 bits per heavy atom. The van der Waals surface area contributed by atoms with Gasteiger partial charge in [0.05, 0.1) is 0 Å². The summed E-state index contributed by atoms with van der Waals surface area (Å²) in [5, 5.41) is 9.90. The molecule has 1 N–H and O–H groups in total. The zero-order valence-electron chi connectivity index (χ0n) is 9.10. The Morgan fingerprint density at radius 3 is 2.44 bits per heavy atom. The van der Waals surface area contributed by atoms with Crippen molar-refractivity contribution in [2.24, 2.45) is 0 Å². The highest BCUT2D eigenvalue weighted by molar-refractivity contribution is 7.80. The number of nitrogens with zero attached hydrogens (tertiary/aromatic N) is 1. The van der Waals surface area contributed by atoms with Gasteiger partial charge < -0.3 is 10.0 Å². The summed E-state index contributed by atoms with van der Waals surface area (Å²) in [6, 6.07) is 9.48. The Bertz CT molecular complexity index is 394. The van der Waals surface area contributed by atoms with Crippen molar-refractivity contribution in [3.63, 3.8) is 0 Å². The van der Waals surface area contributed by atoms with Crippen LogP contribution in [0.25, 0.3) is 5.76 Å². The van der Waals surface area contributed by atoms with Crippen LogP contribution in [-0.4, -0.2) is 28.1 Å². The number of thiocarbonyl (C=S) groups is 1. The Morgan fingerprint density at radius 2 is 1.81 bits per heavy atom. The van der Waals surface area contributed by atoms with Crippen LogP contribution in [0.3, 0.4) is 0 Å². The Hall–Kier alpha value is -1.35. The highest BCUT2D eigenvalue weighted by Crippen LogP contribution is 2.14. The van der Waals surface area contributed by atoms with Crippen molar-refractivity contribution >= 4 is 23.0 Å². The molecular formula is C13H15NOS. The average molecular weight is 233 g/mol. The zero-order valence-corrected chi connectivity index (χ0v) is 9.91. The van der Waals surface area contributed by atoms with Crippen molar-refractivity contribution in [1.82, 2.24) is 4.90 Å². The SMILES string of the molecule is O/C(=C/C(=S)N1CCCC1)c1ccccc1. The first-order valence-electron chi connectivity index (χ1n) is 5.52. The second kappa shape index (κ2) is 5.12. The quantitative estimate of drug-likeness (QED) is 0.482. The van der Waals surface area contributed by atoms with Gasteiger partial charge in [-0.15, -0.1) is 0 Å². The molecule has 0 atom stereocenters. The molecular weight excluding hydrogens is 218 g/mol. The van der Waals surface area contributed by atoms with E-state index in [9.17, 15) is 5.11 Å². The standard InChI is InChI=1S/C13H15NOS/c15-12(11-6-2-1-3-7-11)10-13(16)14-8-4-5-9-14/h1-3,6-7,10,15H,4-5,8-9H2/b12-10+. The summed E-state index contributed by atoms with van der Waals surface area (Å²) in [6.07, 6.45) is 4.07. The number of aliphatic hydroxyl groups excluding tert-OH is 1. The normalized spacial score (nSPS) is 16.5. The van der Waals surface area contributed by atoms with E-state index in [0.29, 0.717) is 0 Å². The van der Waals surface area contributed by atoms with E-state index in [2.05, 4.69) is 4.90 Å². The largest absolute Gasteiger partial charge is 0.507 e. The summed E-state index contributed by atoms with van der Waals surface area (Å²) in [6.45, 7) is 2.02. The maximum atomic E-state index is 9.90. The van der Waals surface area contributed by atoms with Crippen LogP contribution in [0.4, 0.5) is 0 Å². The smallest absolute Gasteiger partial charge is 0.125 e. The minimum Gasteiger partial charge on any atom is -0.507 e. The van der Waals surface area contributed by atoms with Crippen LogP contribution in [-0.2, 0) is 0 Å². The van der Waals surface area contributed by atoms with Crippen molar-refractivity contribution in [2.45, 2.75) is 12.8 Å². The van der Waals surface area contributed by atoms with Crippen LogP contribution in [0.1, 0.15) is 18.4 Å². The van der Waals surface area contributed by atoms with E-state index in [-0.39, 0.29) is 5.76 Å². The monoisotopic (exact) mass is 233 g/mol. The predicted octanol–water partition coefficient (Wildman–Crippen LogP) is 3.01. The third kappa shape index (κ3) is 2.61. The van der Waals surface area contributed by atoms with E-state index in [0.717, 1.165) is 23.6 Å². The molecule has 1 aromatic rings. The summed E-state index contributed by atoms with van der Waals surface area (Å²) < 4.78 is 0. The summed E-state index contributed by atoms with van der Waals surface area (Å²) in [5.41, 5.74) is 0.809. The molecule has 2 rings (SSSR count). The average Bonchev–Trinajstić information content (AvgIpc) is 2.83. The summed E-state index contributed by atoms with van der Waals surface area (Å²) in [4.78, 5) is 2.87. The first kappa shape index (κ1) is 11.1. The molecule has 3 heteroatoms. The highest BCUT2D eigenvalue weighted by atomic mass is 32.1. The maximum Gasteiger partial charge on any atom is 0.125 e. The van der Waals surface area contributed by atoms with E-state index in [1.165, 1.54) is 12.8 Å². The highest BCUT2D eigenvalue weighted by Gasteiger charge is 2.13. The van der Waals surface area contributed by atoms with Crippen LogP contribution in [0.5, 0.6) is 0 Å². The molecule has 0 unspecified atom stereocenters. The molecule has 0 radical (unpaired) electrons. The molecule has 0 bridgehead atoms. The minimum absolute atomic E-state index is 0.248. The van der Waals surface area contributed by atoms with Gasteiger partial charge in [0.25, 0.3) is 0 Å². The van der Waals surface area contributed by atoms with Gasteiger partial charge in [-0.2, -0.15) is 0 Å². The number of benzene rings is 1. The second-order valence-electron chi connectivity index (χ2n) is 3.93. The third-order valence-electron chi connectivity index (χ3n) is 2.75. The molecule has 0 amide bonds. The molecule has 0 spiro atoms. The second-order valence-corrected chi connectivity index (χ2v) is 4.35. The van der Waals surface area contributed by atoms with Crippen LogP contribution < -0.4 is 0 Å². The molecule has 1 aliphatic heterocycles. The van der Waals surface area contributed by atoms with Crippen LogP contribution in [0.2, 0.25) is 0 Å². The third-order valence-corrected chi connectivity index (χ3v) is 3.12. The van der Waals surface area contributed by atoms with Crippen molar-refractivity contribution in [1.29, 1.82) is 0 Å². The number of aliphatic hydroxyl groups is 1. The van der Waals surface area contributed by atoms with E-state index >= 15 is 0 Å². The van der Waals surface area contributed by atoms with Gasteiger partial charge in [0.15, 0.2) is 0 Å². The van der Waals surface area contributed by atoms with E-state index in [1.807, 2.05) is 30.3 Å². The fraction of sp³-hybridized carbons (Fsp3) is 0.308. The molecule has 2 nitrogen and oxygen atoms in total. The topological polar surface area (TPSA) is 23.5 Å². The summed E-state index contributed by atoms with van der Waals surface area (Å²) in [7, 11) is 0. The first-order valence-corrected chi connectivity index (χ1v) is 5.93. The minimum atomic E-state index is 0.248. The molecule has 1 saturated heterocycles. The van der Waals surface area contributed by atoms with E-state index < -0.39 is 0 Å². The fourth-order valence-corrected chi connectivity index (χ4v) is 2.13. The number of rotatable bonds is 2. The van der Waals surface area contributed by atoms with Gasteiger partial charge in [0, 0.05) is 24.7 Å². The van der Waals surface area contributed by atoms with E-state index in [4.69, 9.17) is 12.2 Å². The van der Waals surface area contributed by atoms with Gasteiger partial charge in [-0.05, 0) is 12.8 Å². The molecule has 0 aromatic heterocycles. The van der Waals surface area contributed by atoms with Gasteiger partial charge in [-0.3, -0.25) is 0 Å². The number of hydrogen-bond acceptors (Lipinski definition) is 2. The maximum absolute atomic E-state index is 9.90. The van der Waals surface area contributed by atoms with Gasteiger partial charge in [0.2, 0.25) is 0 Å². The van der Waals surface area contributed by atoms with Crippen molar-refractivity contribution < 1.29 is 5.11 Å². The number of hydrogen-bond donors (Lipinski definition) is 1. The lowest BCUT2D eigenvalue weighted by molar-refractivity contribution is 0.506. The summed E-state index contributed by atoms with van der Waals surface area (Å²) >= 11 is 5.28. The summed E-state index contributed by atoms with van der Waals surface area (Å²) in [5.74, 6) is 0.248. The Balaban J connectivity index is 2.09. The molecule has 1 fully saturated rings. The molecule has 0 saturated carbocycles. The van der Waals surface area contributed by atoms with Crippen LogP contribution in [0, 0.1) is 0 Å². The lowest BCUT2D eigenvalue weighted by Crippen LogP contribution is -2.24. The predicted molar refractivity (Wildman–Crippen MR) is 70.5 cm³/mol. The molecule has 84 valence electrons. The fourth-order valence-electron chi connectivity index (χ4n) is 1.84. The Kier molecular flexibility index (Phi) is 3.57. The Labute approximate surface area is 101 Å². The van der Waals surface area contributed by atoms with Gasteiger partial charge in [0.1, 0.15) is 10.7 Å².